The molecule has 0 amide bonds. The number of Topliss-reactive ketones (excluding diaryl/α,β-unsaturated/α-hetero) is 1. The molecule has 0 fully saturated rings. The van der Waals surface area contributed by atoms with Gasteiger partial charge in [0.25, 0.3) is 0 Å². The van der Waals surface area contributed by atoms with E-state index in [0.717, 1.165) is 32.3 Å². The van der Waals surface area contributed by atoms with E-state index in [2.05, 4.69) is 9.72 Å². The van der Waals surface area contributed by atoms with Crippen molar-refractivity contribution in [2.75, 3.05) is 13.2 Å². The van der Waals surface area contributed by atoms with Crippen LogP contribution in [0.4, 0.5) is 8.78 Å². The molecular formula is C16H17F2NO5. The van der Waals surface area contributed by atoms with Gasteiger partial charge in [-0.05, 0) is 19.9 Å². The first-order chi connectivity index (χ1) is 11.3. The zero-order valence-corrected chi connectivity index (χ0v) is 13.5. The van der Waals surface area contributed by atoms with Gasteiger partial charge in [0.05, 0.1) is 12.8 Å². The fourth-order valence-electron chi connectivity index (χ4n) is 1.86. The summed E-state index contributed by atoms with van der Waals surface area (Å²) in [6.45, 7) is 3.04. The van der Waals surface area contributed by atoms with Gasteiger partial charge >= 0.3 is 11.9 Å². The summed E-state index contributed by atoms with van der Waals surface area (Å²) in [5, 5.41) is 0. The maximum Gasteiger partial charge on any atom is 0.341 e. The number of esters is 2. The predicted octanol–water partition coefficient (Wildman–Crippen LogP) is 2.33. The van der Waals surface area contributed by atoms with Crippen LogP contribution in [0, 0.1) is 5.82 Å². The Morgan fingerprint density at radius 1 is 1.29 bits per heavy atom. The molecule has 0 radical (unpaired) electrons. The molecule has 0 aromatic carbocycles. The molecule has 1 aromatic rings. The maximum atomic E-state index is 13.8. The zero-order valence-electron chi connectivity index (χ0n) is 13.5. The molecule has 0 bridgehead atoms. The van der Waals surface area contributed by atoms with Crippen LogP contribution in [-0.2, 0) is 23.9 Å². The van der Waals surface area contributed by atoms with Crippen LogP contribution < -0.4 is 0 Å². The molecular weight excluding hydrogens is 324 g/mol. The normalized spacial score (nSPS) is 12.5. The van der Waals surface area contributed by atoms with Crippen LogP contribution in [0.5, 0.6) is 0 Å². The van der Waals surface area contributed by atoms with Crippen LogP contribution in [0.3, 0.4) is 0 Å². The standard InChI is InChI=1S/C16H17F2NO5/c1-4-23-16(22)12(14(21)8-24-10(3)20)5-11-6-19-7-13(18)15(11)9(2)17/h5-7,9H,4,8H2,1-3H3. The fourth-order valence-corrected chi connectivity index (χ4v) is 1.86. The summed E-state index contributed by atoms with van der Waals surface area (Å²) in [6.07, 6.45) is 1.23. The van der Waals surface area contributed by atoms with Gasteiger partial charge in [-0.25, -0.2) is 13.6 Å². The summed E-state index contributed by atoms with van der Waals surface area (Å²) in [5.74, 6) is -3.46. The van der Waals surface area contributed by atoms with Gasteiger partial charge in [-0.1, -0.05) is 0 Å². The van der Waals surface area contributed by atoms with Gasteiger partial charge in [0.2, 0.25) is 5.78 Å². The Morgan fingerprint density at radius 3 is 2.50 bits per heavy atom. The second-order valence-corrected chi connectivity index (χ2v) is 4.72. The van der Waals surface area contributed by atoms with Crippen LogP contribution in [0.25, 0.3) is 6.08 Å². The number of rotatable bonds is 7. The second-order valence-electron chi connectivity index (χ2n) is 4.72. The Labute approximate surface area is 137 Å². The Morgan fingerprint density at radius 2 is 1.96 bits per heavy atom. The molecule has 130 valence electrons. The lowest BCUT2D eigenvalue weighted by molar-refractivity contribution is -0.147. The van der Waals surface area contributed by atoms with Crippen molar-refractivity contribution in [3.05, 3.63) is 34.9 Å². The largest absolute Gasteiger partial charge is 0.462 e. The van der Waals surface area contributed by atoms with Crippen LogP contribution in [0.1, 0.15) is 38.1 Å². The topological polar surface area (TPSA) is 82.6 Å². The SMILES string of the molecule is CCOC(=O)C(=Cc1cncc(F)c1C(C)F)C(=O)COC(C)=O. The molecule has 8 heteroatoms. The molecule has 0 aliphatic heterocycles. The van der Waals surface area contributed by atoms with E-state index in [0.29, 0.717) is 0 Å². The van der Waals surface area contributed by atoms with E-state index in [4.69, 9.17) is 4.74 Å². The Bertz CT molecular complexity index is 670. The molecule has 24 heavy (non-hydrogen) atoms. The van der Waals surface area contributed by atoms with Crippen molar-refractivity contribution in [2.24, 2.45) is 0 Å². The highest BCUT2D eigenvalue weighted by Gasteiger charge is 2.23. The first-order valence-corrected chi connectivity index (χ1v) is 7.10. The van der Waals surface area contributed by atoms with Crippen LogP contribution >= 0.6 is 0 Å². The molecule has 0 N–H and O–H groups in total. The molecule has 6 nitrogen and oxygen atoms in total. The lowest BCUT2D eigenvalue weighted by atomic mass is 10.0. The van der Waals surface area contributed by atoms with E-state index in [9.17, 15) is 23.2 Å². The van der Waals surface area contributed by atoms with E-state index in [1.54, 1.807) is 0 Å². The minimum absolute atomic E-state index is 0.00914. The molecule has 0 saturated carbocycles. The third-order valence-electron chi connectivity index (χ3n) is 2.87. The zero-order chi connectivity index (χ0) is 18.3. The summed E-state index contributed by atoms with van der Waals surface area (Å²) >= 11 is 0. The van der Waals surface area contributed by atoms with Crippen molar-refractivity contribution in [1.82, 2.24) is 4.98 Å². The average Bonchev–Trinajstić information content (AvgIpc) is 2.50. The van der Waals surface area contributed by atoms with E-state index >= 15 is 0 Å². The highest BCUT2D eigenvalue weighted by Crippen LogP contribution is 2.25. The van der Waals surface area contributed by atoms with Gasteiger partial charge in [-0.2, -0.15) is 0 Å². The number of hydrogen-bond donors (Lipinski definition) is 0. The monoisotopic (exact) mass is 341 g/mol. The quantitative estimate of drug-likeness (QED) is 0.328. The number of halogens is 2. The predicted molar refractivity (Wildman–Crippen MR) is 80.0 cm³/mol. The molecule has 0 aliphatic carbocycles. The smallest absolute Gasteiger partial charge is 0.341 e. The van der Waals surface area contributed by atoms with Crippen molar-refractivity contribution in [1.29, 1.82) is 0 Å². The van der Waals surface area contributed by atoms with Crippen molar-refractivity contribution in [2.45, 2.75) is 26.9 Å². The van der Waals surface area contributed by atoms with E-state index in [1.807, 2.05) is 0 Å². The summed E-state index contributed by atoms with van der Waals surface area (Å²) in [7, 11) is 0. The van der Waals surface area contributed by atoms with Gasteiger partial charge in [-0.3, -0.25) is 14.6 Å². The third-order valence-corrected chi connectivity index (χ3v) is 2.87. The number of ketones is 1. The van der Waals surface area contributed by atoms with Gasteiger partial charge in [0.1, 0.15) is 17.6 Å². The summed E-state index contributed by atoms with van der Waals surface area (Å²) in [4.78, 5) is 38.4. The van der Waals surface area contributed by atoms with Gasteiger partial charge < -0.3 is 9.47 Å². The molecule has 1 unspecified atom stereocenters. The van der Waals surface area contributed by atoms with Crippen LogP contribution in [0.15, 0.2) is 18.0 Å². The molecule has 0 aliphatic rings. The highest BCUT2D eigenvalue weighted by atomic mass is 19.1. The van der Waals surface area contributed by atoms with E-state index in [1.165, 1.54) is 6.92 Å². The number of hydrogen-bond acceptors (Lipinski definition) is 6. The van der Waals surface area contributed by atoms with Gasteiger partial charge in [-0.15, -0.1) is 0 Å². The number of alkyl halides is 1. The van der Waals surface area contributed by atoms with Crippen molar-refractivity contribution in [3.8, 4) is 0 Å². The molecule has 0 spiro atoms. The molecule has 1 aromatic heterocycles. The summed E-state index contributed by atoms with van der Waals surface area (Å²) < 4.78 is 36.7. The maximum absolute atomic E-state index is 13.8. The number of ether oxygens (including phenoxy) is 2. The first-order valence-electron chi connectivity index (χ1n) is 7.10. The minimum atomic E-state index is -1.69. The Kier molecular flexibility index (Phi) is 7.16. The number of nitrogens with zero attached hydrogens (tertiary/aromatic N) is 1. The van der Waals surface area contributed by atoms with Crippen LogP contribution in [0.2, 0.25) is 0 Å². The van der Waals surface area contributed by atoms with Crippen molar-refractivity contribution >= 4 is 23.8 Å². The summed E-state index contributed by atoms with van der Waals surface area (Å²) in [5.41, 5.74) is -0.913. The minimum Gasteiger partial charge on any atom is -0.462 e. The number of carbonyl (C=O) groups excluding carboxylic acids is 3. The lowest BCUT2D eigenvalue weighted by Gasteiger charge is -2.10. The van der Waals surface area contributed by atoms with Gasteiger partial charge in [0.15, 0.2) is 6.61 Å². The van der Waals surface area contributed by atoms with Crippen LogP contribution in [-0.4, -0.2) is 35.9 Å². The molecule has 0 saturated heterocycles. The molecule has 1 rings (SSSR count). The van der Waals surface area contributed by atoms with Crippen molar-refractivity contribution in [3.63, 3.8) is 0 Å². The number of carbonyl (C=O) groups is 3. The Balaban J connectivity index is 3.31. The summed E-state index contributed by atoms with van der Waals surface area (Å²) in [6, 6.07) is 0. The average molecular weight is 341 g/mol. The highest BCUT2D eigenvalue weighted by molar-refractivity contribution is 6.21. The van der Waals surface area contributed by atoms with E-state index < -0.39 is 41.9 Å². The van der Waals surface area contributed by atoms with Gasteiger partial charge in [0, 0.05) is 24.2 Å². The lowest BCUT2D eigenvalue weighted by Crippen LogP contribution is -2.21. The Hall–Kier alpha value is -2.64. The first kappa shape index (κ1) is 19.4. The van der Waals surface area contributed by atoms with Crippen molar-refractivity contribution < 1.29 is 32.6 Å². The second kappa shape index (κ2) is 8.85. The molecule has 1 atom stereocenters. The third kappa shape index (κ3) is 5.22. The van der Waals surface area contributed by atoms with E-state index in [-0.39, 0.29) is 17.7 Å². The molecule has 1 heterocycles. The number of aromatic nitrogens is 1. The number of pyridine rings is 1. The fraction of sp³-hybridized carbons (Fsp3) is 0.375.